The van der Waals surface area contributed by atoms with Crippen LogP contribution < -0.4 is 0 Å². The molecule has 204 valence electrons. The Balaban J connectivity index is 0.00000200. The molecule has 1 saturated heterocycles. The summed E-state index contributed by atoms with van der Waals surface area (Å²) in [5, 5.41) is 0.856. The van der Waals surface area contributed by atoms with Gasteiger partial charge < -0.3 is 0 Å². The van der Waals surface area contributed by atoms with Gasteiger partial charge in [-0.25, -0.2) is 0 Å². The second-order valence-corrected chi connectivity index (χ2v) is 11.0. The fraction of sp³-hybridized carbons (Fsp3) is 0.406. The number of carbonyl (C=O) groups is 1. The van der Waals surface area contributed by atoms with E-state index < -0.39 is 0 Å². The number of Topliss-reactive ketones (excluding diaryl/α,β-unsaturated/α-hetero) is 1. The van der Waals surface area contributed by atoms with E-state index in [4.69, 9.17) is 11.6 Å². The highest BCUT2D eigenvalue weighted by Crippen LogP contribution is 2.27. The summed E-state index contributed by atoms with van der Waals surface area (Å²) in [6, 6.07) is 25.3. The summed E-state index contributed by atoms with van der Waals surface area (Å²) in [7, 11) is 0. The van der Waals surface area contributed by atoms with Gasteiger partial charge in [-0.3, -0.25) is 14.6 Å². The minimum Gasteiger partial charge on any atom is -0.299 e. The first-order valence-electron chi connectivity index (χ1n) is 13.5. The van der Waals surface area contributed by atoms with E-state index >= 15 is 0 Å². The zero-order valence-electron chi connectivity index (χ0n) is 22.0. The van der Waals surface area contributed by atoms with E-state index in [1.807, 2.05) is 12.1 Å². The number of nitrogens with zero attached hydrogens (tertiary/aromatic N) is 2. The number of rotatable bonds is 8. The van der Waals surface area contributed by atoms with Crippen LogP contribution in [-0.2, 0) is 26.1 Å². The lowest BCUT2D eigenvalue weighted by Gasteiger charge is -2.32. The molecule has 5 rings (SSSR count). The Morgan fingerprint density at radius 3 is 2.32 bits per heavy atom. The third-order valence-electron chi connectivity index (χ3n) is 7.93. The first-order valence-corrected chi connectivity index (χ1v) is 13.9. The largest absolute Gasteiger partial charge is 0.299 e. The van der Waals surface area contributed by atoms with Gasteiger partial charge in [0.05, 0.1) is 0 Å². The SMILES string of the molecule is Cl.Cl.O=C(CCC1CCN(Cc2ccccc2Cl)CC1)c1ccc2c(c1)CN(Cc1ccccc1)CCC2. The molecule has 38 heavy (non-hydrogen) atoms. The minimum atomic E-state index is 0. The molecule has 0 amide bonds. The molecule has 3 aromatic carbocycles. The first-order chi connectivity index (χ1) is 17.6. The molecule has 1 fully saturated rings. The quantitative estimate of drug-likeness (QED) is 0.255. The van der Waals surface area contributed by atoms with Gasteiger partial charge in [-0.15, -0.1) is 24.8 Å². The normalized spacial score (nSPS) is 16.6. The average Bonchev–Trinajstić information content (AvgIpc) is 3.11. The fourth-order valence-electron chi connectivity index (χ4n) is 5.76. The number of piperidine rings is 1. The minimum absolute atomic E-state index is 0. The van der Waals surface area contributed by atoms with E-state index in [-0.39, 0.29) is 24.8 Å². The predicted molar refractivity (Wildman–Crippen MR) is 163 cm³/mol. The van der Waals surface area contributed by atoms with Crippen molar-refractivity contribution in [1.29, 1.82) is 0 Å². The van der Waals surface area contributed by atoms with Crippen LogP contribution >= 0.6 is 36.4 Å². The van der Waals surface area contributed by atoms with E-state index in [1.165, 1.54) is 28.7 Å². The number of ketones is 1. The Morgan fingerprint density at radius 1 is 0.816 bits per heavy atom. The molecule has 0 aliphatic carbocycles. The smallest absolute Gasteiger partial charge is 0.162 e. The summed E-state index contributed by atoms with van der Waals surface area (Å²) in [6.07, 6.45) is 6.24. The van der Waals surface area contributed by atoms with Crippen LogP contribution in [0.1, 0.15) is 64.7 Å². The maximum Gasteiger partial charge on any atom is 0.162 e. The van der Waals surface area contributed by atoms with Crippen LogP contribution in [0.2, 0.25) is 5.02 Å². The second kappa shape index (κ2) is 15.1. The Bertz CT molecular complexity index is 1160. The third kappa shape index (κ3) is 8.31. The lowest BCUT2D eigenvalue weighted by Crippen LogP contribution is -2.33. The van der Waals surface area contributed by atoms with Crippen molar-refractivity contribution in [3.05, 3.63) is 106 Å². The van der Waals surface area contributed by atoms with Gasteiger partial charge in [-0.1, -0.05) is 72.3 Å². The van der Waals surface area contributed by atoms with Crippen LogP contribution in [0.3, 0.4) is 0 Å². The van der Waals surface area contributed by atoms with Crippen molar-refractivity contribution in [2.75, 3.05) is 19.6 Å². The van der Waals surface area contributed by atoms with Gasteiger partial charge in [0.1, 0.15) is 0 Å². The summed E-state index contributed by atoms with van der Waals surface area (Å²) in [4.78, 5) is 18.1. The monoisotopic (exact) mass is 572 g/mol. The third-order valence-corrected chi connectivity index (χ3v) is 8.30. The number of aryl methyl sites for hydroxylation is 1. The lowest BCUT2D eigenvalue weighted by atomic mass is 9.89. The maximum atomic E-state index is 13.1. The molecule has 3 nitrogen and oxygen atoms in total. The summed E-state index contributed by atoms with van der Waals surface area (Å²) < 4.78 is 0. The summed E-state index contributed by atoms with van der Waals surface area (Å²) in [5.41, 5.74) is 6.20. The predicted octanol–water partition coefficient (Wildman–Crippen LogP) is 8.01. The van der Waals surface area contributed by atoms with Crippen molar-refractivity contribution in [3.8, 4) is 0 Å². The first kappa shape index (κ1) is 30.7. The van der Waals surface area contributed by atoms with Crippen LogP contribution in [0.5, 0.6) is 0 Å². The number of fused-ring (bicyclic) bond motifs is 1. The highest BCUT2D eigenvalue weighted by atomic mass is 35.5. The molecule has 0 atom stereocenters. The molecule has 0 radical (unpaired) electrons. The highest BCUT2D eigenvalue weighted by molar-refractivity contribution is 6.31. The number of likely N-dealkylation sites (tertiary alicyclic amines) is 1. The zero-order chi connectivity index (χ0) is 24.7. The second-order valence-electron chi connectivity index (χ2n) is 10.6. The molecule has 0 aromatic heterocycles. The molecular weight excluding hydrogens is 535 g/mol. The van der Waals surface area contributed by atoms with Crippen LogP contribution in [-0.4, -0.2) is 35.2 Å². The number of halogens is 3. The van der Waals surface area contributed by atoms with Crippen LogP contribution in [0.15, 0.2) is 72.8 Å². The summed E-state index contributed by atoms with van der Waals surface area (Å²) in [5.74, 6) is 0.939. The number of hydrogen-bond donors (Lipinski definition) is 0. The van der Waals surface area contributed by atoms with Crippen molar-refractivity contribution in [2.45, 2.75) is 58.2 Å². The topological polar surface area (TPSA) is 23.6 Å². The fourth-order valence-corrected chi connectivity index (χ4v) is 5.96. The lowest BCUT2D eigenvalue weighted by molar-refractivity contribution is 0.0961. The molecule has 6 heteroatoms. The number of benzene rings is 3. The number of carbonyl (C=O) groups excluding carboxylic acids is 1. The van der Waals surface area contributed by atoms with Gasteiger partial charge in [-0.2, -0.15) is 0 Å². The molecule has 2 aliphatic heterocycles. The molecule has 0 bridgehead atoms. The Hall–Kier alpha value is -1.88. The Kier molecular flexibility index (Phi) is 12.1. The Labute approximate surface area is 245 Å². The van der Waals surface area contributed by atoms with E-state index in [0.717, 1.165) is 75.5 Å². The Morgan fingerprint density at radius 2 is 1.55 bits per heavy atom. The van der Waals surface area contributed by atoms with E-state index in [2.05, 4.69) is 70.5 Å². The van der Waals surface area contributed by atoms with Gasteiger partial charge in [0.15, 0.2) is 5.78 Å². The van der Waals surface area contributed by atoms with Crippen molar-refractivity contribution in [1.82, 2.24) is 9.80 Å². The summed E-state index contributed by atoms with van der Waals surface area (Å²) >= 11 is 6.35. The van der Waals surface area contributed by atoms with Gasteiger partial charge in [0.2, 0.25) is 0 Å². The zero-order valence-corrected chi connectivity index (χ0v) is 24.4. The molecule has 0 N–H and O–H groups in total. The van der Waals surface area contributed by atoms with E-state index in [9.17, 15) is 4.79 Å². The molecule has 3 aromatic rings. The molecule has 2 aliphatic rings. The van der Waals surface area contributed by atoms with Crippen molar-refractivity contribution in [3.63, 3.8) is 0 Å². The maximum absolute atomic E-state index is 13.1. The average molecular weight is 574 g/mol. The van der Waals surface area contributed by atoms with Crippen molar-refractivity contribution >= 4 is 42.2 Å². The van der Waals surface area contributed by atoms with Crippen molar-refractivity contribution < 1.29 is 4.79 Å². The van der Waals surface area contributed by atoms with Crippen LogP contribution in [0, 0.1) is 5.92 Å². The summed E-state index contributed by atoms with van der Waals surface area (Å²) in [6.45, 7) is 6.08. The molecule has 0 unspecified atom stereocenters. The molecular formula is C32H39Cl3N2O. The van der Waals surface area contributed by atoms with E-state index in [0.29, 0.717) is 18.1 Å². The molecule has 0 spiro atoms. The standard InChI is InChI=1S/C32H37ClN2O.2ClH/c33-31-11-5-4-9-29(31)23-34-19-16-25(17-20-34)12-15-32(36)28-14-13-27-10-6-18-35(24-30(27)21-28)22-26-7-2-1-3-8-26;;/h1-5,7-9,11,13-14,21,25H,6,10,12,15-20,22-24H2;2*1H. The highest BCUT2D eigenvalue weighted by Gasteiger charge is 2.22. The number of hydrogen-bond acceptors (Lipinski definition) is 3. The van der Waals surface area contributed by atoms with Crippen LogP contribution in [0.4, 0.5) is 0 Å². The van der Waals surface area contributed by atoms with Gasteiger partial charge in [-0.05, 0) is 92.0 Å². The van der Waals surface area contributed by atoms with Gasteiger partial charge >= 0.3 is 0 Å². The molecule has 2 heterocycles. The van der Waals surface area contributed by atoms with Gasteiger partial charge in [0, 0.05) is 36.6 Å². The molecule has 0 saturated carbocycles. The van der Waals surface area contributed by atoms with Gasteiger partial charge in [0.25, 0.3) is 0 Å². The van der Waals surface area contributed by atoms with E-state index in [1.54, 1.807) is 0 Å². The van der Waals surface area contributed by atoms with Crippen molar-refractivity contribution in [2.24, 2.45) is 5.92 Å². The van der Waals surface area contributed by atoms with Crippen LogP contribution in [0.25, 0.3) is 0 Å².